The van der Waals surface area contributed by atoms with Crippen LogP contribution in [0.5, 0.6) is 0 Å². The molecule has 0 saturated heterocycles. The highest BCUT2D eigenvalue weighted by molar-refractivity contribution is 9.10. The fraction of sp³-hybridized carbons (Fsp3) is 0.0476. The first-order valence-electron chi connectivity index (χ1n) is 8.76. The Hall–Kier alpha value is -3.52. The summed E-state index contributed by atoms with van der Waals surface area (Å²) in [6.07, 6.45) is 4.67. The van der Waals surface area contributed by atoms with Crippen LogP contribution in [0.25, 0.3) is 0 Å². The molecule has 0 radical (unpaired) electrons. The summed E-state index contributed by atoms with van der Waals surface area (Å²) < 4.78 is 6.29. The van der Waals surface area contributed by atoms with Gasteiger partial charge in [-0.3, -0.25) is 14.7 Å². The fourth-order valence-corrected chi connectivity index (χ4v) is 3.26. The lowest BCUT2D eigenvalue weighted by atomic mass is 10.1. The van der Waals surface area contributed by atoms with Gasteiger partial charge in [0.1, 0.15) is 0 Å². The van der Waals surface area contributed by atoms with Crippen LogP contribution in [0.2, 0.25) is 0 Å². The normalized spacial score (nSPS) is 10.6. The summed E-state index contributed by atoms with van der Waals surface area (Å²) in [4.78, 5) is 18.6. The van der Waals surface area contributed by atoms with Crippen molar-refractivity contribution in [2.24, 2.45) is 0 Å². The molecule has 0 saturated carbocycles. The summed E-state index contributed by atoms with van der Waals surface area (Å²) in [6.45, 7) is 1.97. The molecule has 1 N–H and O–H groups in total. The molecule has 0 spiro atoms. The molecule has 1 amide bonds. The summed E-state index contributed by atoms with van der Waals surface area (Å²) in [5, 5.41) is 10.8. The van der Waals surface area contributed by atoms with Gasteiger partial charge in [-0.25, -0.2) is 0 Å². The number of halogens is 1. The number of amides is 1. The predicted octanol–water partition coefficient (Wildman–Crippen LogP) is 5.26. The Morgan fingerprint density at radius 2 is 2.03 bits per heavy atom. The first-order valence-corrected chi connectivity index (χ1v) is 9.55. The smallest absolute Gasteiger partial charge is 0.327 e. The average Bonchev–Trinajstić information content (AvgIpc) is 3.26. The van der Waals surface area contributed by atoms with Crippen LogP contribution in [-0.4, -0.2) is 21.1 Å². The average molecular weight is 450 g/mol. The summed E-state index contributed by atoms with van der Waals surface area (Å²) in [6, 6.07) is 16.9. The van der Waals surface area contributed by atoms with Gasteiger partial charge in [0.05, 0.1) is 17.6 Å². The quantitative estimate of drug-likeness (QED) is 0.447. The number of carbonyl (C=O) groups excluding carboxylic acids is 1. The Kier molecular flexibility index (Phi) is 5.35. The zero-order valence-corrected chi connectivity index (χ0v) is 17.0. The van der Waals surface area contributed by atoms with Crippen molar-refractivity contribution >= 4 is 44.9 Å². The van der Waals surface area contributed by atoms with Crippen molar-refractivity contribution in [3.63, 3.8) is 0 Å². The second-order valence-electron chi connectivity index (χ2n) is 6.23. The highest BCUT2D eigenvalue weighted by atomic mass is 79.9. The van der Waals surface area contributed by atoms with Crippen molar-refractivity contribution in [2.75, 3.05) is 10.2 Å². The Morgan fingerprint density at radius 1 is 1.14 bits per heavy atom. The number of carbonyl (C=O) groups is 1. The largest absolute Gasteiger partial charge is 0.410 e. The molecule has 29 heavy (non-hydrogen) atoms. The van der Waals surface area contributed by atoms with Crippen LogP contribution >= 0.6 is 15.9 Å². The van der Waals surface area contributed by atoms with Crippen molar-refractivity contribution in [1.82, 2.24) is 15.2 Å². The van der Waals surface area contributed by atoms with Crippen LogP contribution in [0.15, 0.2) is 82.3 Å². The number of pyridine rings is 1. The number of benzene rings is 2. The number of anilines is 4. The van der Waals surface area contributed by atoms with Crippen molar-refractivity contribution in [1.29, 1.82) is 0 Å². The number of aromatic nitrogens is 3. The van der Waals surface area contributed by atoms with E-state index in [1.54, 1.807) is 29.4 Å². The van der Waals surface area contributed by atoms with E-state index in [2.05, 4.69) is 36.4 Å². The van der Waals surface area contributed by atoms with Gasteiger partial charge >= 0.3 is 6.01 Å². The molecule has 0 bridgehead atoms. The predicted molar refractivity (Wildman–Crippen MR) is 114 cm³/mol. The van der Waals surface area contributed by atoms with Crippen LogP contribution in [0.4, 0.5) is 23.1 Å². The third-order valence-corrected chi connectivity index (χ3v) is 4.73. The molecule has 0 aliphatic carbocycles. The molecule has 0 fully saturated rings. The first-order chi connectivity index (χ1) is 14.1. The van der Waals surface area contributed by atoms with Crippen molar-refractivity contribution in [3.05, 3.63) is 89.0 Å². The molecule has 8 heteroatoms. The van der Waals surface area contributed by atoms with E-state index in [1.807, 2.05) is 49.4 Å². The van der Waals surface area contributed by atoms with E-state index in [9.17, 15) is 4.79 Å². The molecule has 0 unspecified atom stereocenters. The Balaban J connectivity index is 1.71. The van der Waals surface area contributed by atoms with Crippen LogP contribution in [-0.2, 0) is 0 Å². The van der Waals surface area contributed by atoms with E-state index in [-0.39, 0.29) is 5.91 Å². The molecule has 2 heterocycles. The minimum atomic E-state index is -0.202. The molecule has 0 aliphatic heterocycles. The minimum absolute atomic E-state index is 0.202. The third kappa shape index (κ3) is 4.17. The molecular weight excluding hydrogens is 434 g/mol. The SMILES string of the molecule is Cc1ccc(NC(=O)c2cccc(Br)c2)cc1N(c1cccnc1)c1nnco1. The van der Waals surface area contributed by atoms with E-state index in [0.29, 0.717) is 17.3 Å². The molecule has 144 valence electrons. The number of hydrogen-bond donors (Lipinski definition) is 1. The van der Waals surface area contributed by atoms with Gasteiger partial charge in [0.2, 0.25) is 6.39 Å². The van der Waals surface area contributed by atoms with Crippen LogP contribution in [0.1, 0.15) is 15.9 Å². The monoisotopic (exact) mass is 449 g/mol. The number of aryl methyl sites for hydroxylation is 1. The first kappa shape index (κ1) is 18.8. The topological polar surface area (TPSA) is 84.2 Å². The Bertz CT molecular complexity index is 1130. The molecule has 2 aromatic carbocycles. The van der Waals surface area contributed by atoms with E-state index >= 15 is 0 Å². The highest BCUT2D eigenvalue weighted by Gasteiger charge is 2.20. The fourth-order valence-electron chi connectivity index (χ4n) is 2.86. The molecule has 7 nitrogen and oxygen atoms in total. The van der Waals surface area contributed by atoms with Gasteiger partial charge in [-0.1, -0.05) is 33.2 Å². The van der Waals surface area contributed by atoms with Gasteiger partial charge in [0.25, 0.3) is 5.91 Å². The van der Waals surface area contributed by atoms with Gasteiger partial charge in [-0.2, -0.15) is 0 Å². The second-order valence-corrected chi connectivity index (χ2v) is 7.15. The summed E-state index contributed by atoms with van der Waals surface area (Å²) in [5.41, 5.74) is 3.71. The maximum atomic E-state index is 12.6. The van der Waals surface area contributed by atoms with E-state index in [1.165, 1.54) is 6.39 Å². The standard InChI is InChI=1S/C21H16BrN5O2/c1-14-7-8-17(25-20(28)15-4-2-5-16(22)10-15)11-19(14)27(21-26-24-13-29-21)18-6-3-9-23-12-18/h2-13H,1H3,(H,25,28). The molecule has 4 aromatic rings. The molecule has 4 rings (SSSR count). The van der Waals surface area contributed by atoms with Crippen molar-refractivity contribution in [2.45, 2.75) is 6.92 Å². The van der Waals surface area contributed by atoms with Gasteiger partial charge in [-0.05, 0) is 55.0 Å². The number of nitrogens with one attached hydrogen (secondary N) is 1. The van der Waals surface area contributed by atoms with E-state index in [0.717, 1.165) is 21.4 Å². The second kappa shape index (κ2) is 8.24. The summed E-state index contributed by atoms with van der Waals surface area (Å²) in [7, 11) is 0. The van der Waals surface area contributed by atoms with Crippen LogP contribution < -0.4 is 10.2 Å². The third-order valence-electron chi connectivity index (χ3n) is 4.24. The van der Waals surface area contributed by atoms with Crippen molar-refractivity contribution in [3.8, 4) is 0 Å². The van der Waals surface area contributed by atoms with Crippen molar-refractivity contribution < 1.29 is 9.21 Å². The van der Waals surface area contributed by atoms with E-state index < -0.39 is 0 Å². The van der Waals surface area contributed by atoms with Gasteiger partial charge in [-0.15, -0.1) is 5.10 Å². The van der Waals surface area contributed by atoms with E-state index in [4.69, 9.17) is 4.42 Å². The maximum Gasteiger partial charge on any atom is 0.327 e. The lowest BCUT2D eigenvalue weighted by molar-refractivity contribution is 0.102. The zero-order chi connectivity index (χ0) is 20.2. The molecule has 0 atom stereocenters. The van der Waals surface area contributed by atoms with Gasteiger partial charge in [0.15, 0.2) is 0 Å². The number of rotatable bonds is 5. The van der Waals surface area contributed by atoms with Gasteiger partial charge in [0, 0.05) is 21.9 Å². The zero-order valence-electron chi connectivity index (χ0n) is 15.4. The van der Waals surface area contributed by atoms with Crippen LogP contribution in [0, 0.1) is 6.92 Å². The Labute approximate surface area is 175 Å². The summed E-state index contributed by atoms with van der Waals surface area (Å²) in [5.74, 6) is -0.202. The molecule has 0 aliphatic rings. The van der Waals surface area contributed by atoms with Gasteiger partial charge < -0.3 is 9.73 Å². The molecule has 2 aromatic heterocycles. The minimum Gasteiger partial charge on any atom is -0.410 e. The summed E-state index contributed by atoms with van der Waals surface area (Å²) >= 11 is 3.39. The lowest BCUT2D eigenvalue weighted by Gasteiger charge is -2.22. The number of hydrogen-bond acceptors (Lipinski definition) is 6. The van der Waals surface area contributed by atoms with Crippen LogP contribution in [0.3, 0.4) is 0 Å². The maximum absolute atomic E-state index is 12.6. The lowest BCUT2D eigenvalue weighted by Crippen LogP contribution is -2.15. The Morgan fingerprint density at radius 3 is 2.76 bits per heavy atom. The number of nitrogens with zero attached hydrogens (tertiary/aromatic N) is 4. The molecular formula is C21H16BrN5O2. The highest BCUT2D eigenvalue weighted by Crippen LogP contribution is 2.36.